The second-order valence-electron chi connectivity index (χ2n) is 6.93. The number of aryl methyl sites for hydroxylation is 1. The monoisotopic (exact) mass is 265 g/mol. The molecule has 2 heteroatoms. The normalized spacial score (nSPS) is 20.1. The Labute approximate surface area is 116 Å². The molecule has 0 aliphatic heterocycles. The lowest BCUT2D eigenvalue weighted by molar-refractivity contribution is 0.215. The summed E-state index contributed by atoms with van der Waals surface area (Å²) in [6.45, 7) is 11.4. The average Bonchev–Trinajstić information content (AvgIpc) is 2.25. The molecule has 1 heterocycles. The Morgan fingerprint density at radius 3 is 2.56 bits per heavy atom. The van der Waals surface area contributed by atoms with Gasteiger partial charge in [0.25, 0.3) is 0 Å². The van der Waals surface area contributed by atoms with Crippen molar-refractivity contribution in [2.45, 2.75) is 59.8 Å². The summed E-state index contributed by atoms with van der Waals surface area (Å²) < 4.78 is 0. The zero-order valence-corrected chi connectivity index (χ0v) is 12.9. The quantitative estimate of drug-likeness (QED) is 0.651. The molecule has 0 saturated carbocycles. The molecule has 1 unspecified atom stereocenters. The van der Waals surface area contributed by atoms with Gasteiger partial charge in [0.1, 0.15) is 5.15 Å². The molecule has 1 atom stereocenters. The van der Waals surface area contributed by atoms with Gasteiger partial charge >= 0.3 is 0 Å². The lowest BCUT2D eigenvalue weighted by atomic mass is 9.71. The number of fused-ring (bicyclic) bond motifs is 1. The van der Waals surface area contributed by atoms with E-state index >= 15 is 0 Å². The molecule has 1 aromatic heterocycles. The van der Waals surface area contributed by atoms with Crippen LogP contribution in [0.4, 0.5) is 0 Å². The summed E-state index contributed by atoms with van der Waals surface area (Å²) in [7, 11) is 0. The highest BCUT2D eigenvalue weighted by Gasteiger charge is 2.29. The summed E-state index contributed by atoms with van der Waals surface area (Å²) in [4.78, 5) is 4.62. The average molecular weight is 266 g/mol. The lowest BCUT2D eigenvalue weighted by Crippen LogP contribution is -2.27. The van der Waals surface area contributed by atoms with Gasteiger partial charge in [0, 0.05) is 5.69 Å². The van der Waals surface area contributed by atoms with Gasteiger partial charge in [-0.3, -0.25) is 0 Å². The zero-order valence-electron chi connectivity index (χ0n) is 12.2. The smallest absolute Gasteiger partial charge is 0.132 e. The van der Waals surface area contributed by atoms with E-state index in [0.717, 1.165) is 18.8 Å². The van der Waals surface area contributed by atoms with E-state index in [0.29, 0.717) is 16.5 Å². The fourth-order valence-corrected chi connectivity index (χ4v) is 3.18. The molecule has 0 radical (unpaired) electrons. The van der Waals surface area contributed by atoms with Crippen LogP contribution in [0.2, 0.25) is 5.15 Å². The van der Waals surface area contributed by atoms with E-state index in [-0.39, 0.29) is 0 Å². The molecule has 1 aliphatic carbocycles. The number of hydrogen-bond donors (Lipinski definition) is 0. The number of halogens is 1. The molecule has 0 spiro atoms. The van der Waals surface area contributed by atoms with Crippen LogP contribution in [0.1, 0.15) is 63.8 Å². The molecule has 1 aliphatic rings. The number of pyridine rings is 1. The fraction of sp³-hybridized carbons (Fsp3) is 0.688. The van der Waals surface area contributed by atoms with Crippen LogP contribution >= 0.6 is 11.6 Å². The van der Waals surface area contributed by atoms with Crippen molar-refractivity contribution in [3.8, 4) is 0 Å². The van der Waals surface area contributed by atoms with Gasteiger partial charge in [0.05, 0.1) is 0 Å². The van der Waals surface area contributed by atoms with Crippen LogP contribution in [0.25, 0.3) is 0 Å². The Morgan fingerprint density at radius 2 is 2.00 bits per heavy atom. The zero-order chi connectivity index (χ0) is 13.5. The van der Waals surface area contributed by atoms with Crippen LogP contribution in [-0.4, -0.2) is 4.98 Å². The van der Waals surface area contributed by atoms with Crippen molar-refractivity contribution in [2.24, 2.45) is 11.3 Å². The summed E-state index contributed by atoms with van der Waals surface area (Å²) in [5.74, 6) is 1.21. The van der Waals surface area contributed by atoms with E-state index in [1.54, 1.807) is 0 Å². The van der Waals surface area contributed by atoms with Crippen molar-refractivity contribution >= 4 is 11.6 Å². The third-order valence-electron chi connectivity index (χ3n) is 4.21. The van der Waals surface area contributed by atoms with E-state index in [2.05, 4.69) is 45.7 Å². The molecule has 0 aromatic carbocycles. The van der Waals surface area contributed by atoms with Crippen molar-refractivity contribution < 1.29 is 0 Å². The maximum atomic E-state index is 6.27. The van der Waals surface area contributed by atoms with Crippen LogP contribution in [0.3, 0.4) is 0 Å². The summed E-state index contributed by atoms with van der Waals surface area (Å²) in [5.41, 5.74) is 4.24. The molecule has 0 N–H and O–H groups in total. The first-order chi connectivity index (χ1) is 8.29. The molecule has 0 bridgehead atoms. The van der Waals surface area contributed by atoms with Crippen molar-refractivity contribution in [3.63, 3.8) is 0 Å². The molecule has 0 saturated heterocycles. The van der Waals surface area contributed by atoms with Crippen molar-refractivity contribution in [1.82, 2.24) is 4.98 Å². The number of nitrogens with zero attached hydrogens (tertiary/aromatic N) is 1. The minimum atomic E-state index is 0.384. The molecular weight excluding hydrogens is 242 g/mol. The second-order valence-corrected chi connectivity index (χ2v) is 7.29. The minimum Gasteiger partial charge on any atom is -0.241 e. The Kier molecular flexibility index (Phi) is 3.73. The first kappa shape index (κ1) is 13.9. The third kappa shape index (κ3) is 2.71. The standard InChI is InChI=1S/C16H24ClN/c1-10(2)13-9-11-8-12(16(3,4)5)6-7-14(11)18-15(13)17/h9-10,12H,6-8H2,1-5H3. The Morgan fingerprint density at radius 1 is 1.33 bits per heavy atom. The van der Waals surface area contributed by atoms with Gasteiger partial charge in [0.15, 0.2) is 0 Å². The van der Waals surface area contributed by atoms with Gasteiger partial charge in [-0.25, -0.2) is 4.98 Å². The van der Waals surface area contributed by atoms with Gasteiger partial charge in [-0.2, -0.15) is 0 Å². The molecule has 0 amide bonds. The topological polar surface area (TPSA) is 12.9 Å². The van der Waals surface area contributed by atoms with Crippen LogP contribution in [0, 0.1) is 11.3 Å². The number of aromatic nitrogens is 1. The van der Waals surface area contributed by atoms with Crippen molar-refractivity contribution in [1.29, 1.82) is 0 Å². The first-order valence-corrected chi connectivity index (χ1v) is 7.35. The van der Waals surface area contributed by atoms with Gasteiger partial charge < -0.3 is 0 Å². The summed E-state index contributed by atoms with van der Waals surface area (Å²) >= 11 is 6.27. The van der Waals surface area contributed by atoms with E-state index in [1.165, 1.54) is 23.2 Å². The van der Waals surface area contributed by atoms with Crippen LogP contribution < -0.4 is 0 Å². The highest BCUT2D eigenvalue weighted by molar-refractivity contribution is 6.30. The van der Waals surface area contributed by atoms with Crippen LogP contribution in [0.15, 0.2) is 6.07 Å². The molecular formula is C16H24ClN. The summed E-state index contributed by atoms with van der Waals surface area (Å²) in [6.07, 6.45) is 3.47. The Bertz CT molecular complexity index is 443. The predicted molar refractivity (Wildman–Crippen MR) is 78.3 cm³/mol. The Hall–Kier alpha value is -0.560. The number of hydrogen-bond acceptors (Lipinski definition) is 1. The lowest BCUT2D eigenvalue weighted by Gasteiger charge is -2.35. The maximum Gasteiger partial charge on any atom is 0.132 e. The van der Waals surface area contributed by atoms with E-state index in [9.17, 15) is 0 Å². The Balaban J connectivity index is 2.34. The SMILES string of the molecule is CC(C)c1cc2c(nc1Cl)CCC(C(C)(C)C)C2. The van der Waals surface area contributed by atoms with Crippen LogP contribution in [0.5, 0.6) is 0 Å². The van der Waals surface area contributed by atoms with Crippen LogP contribution in [-0.2, 0) is 12.8 Å². The minimum absolute atomic E-state index is 0.384. The third-order valence-corrected chi connectivity index (χ3v) is 4.52. The first-order valence-electron chi connectivity index (χ1n) is 6.97. The van der Waals surface area contributed by atoms with Gasteiger partial charge in [-0.1, -0.05) is 52.3 Å². The van der Waals surface area contributed by atoms with E-state index in [4.69, 9.17) is 11.6 Å². The van der Waals surface area contributed by atoms with Crippen molar-refractivity contribution in [3.05, 3.63) is 28.0 Å². The second kappa shape index (κ2) is 4.85. The number of rotatable bonds is 1. The van der Waals surface area contributed by atoms with Gasteiger partial charge in [-0.15, -0.1) is 0 Å². The molecule has 100 valence electrons. The highest BCUT2D eigenvalue weighted by atomic mass is 35.5. The molecule has 2 rings (SSSR count). The summed E-state index contributed by atoms with van der Waals surface area (Å²) in [5, 5.41) is 0.706. The van der Waals surface area contributed by atoms with Gasteiger partial charge in [0.2, 0.25) is 0 Å². The van der Waals surface area contributed by atoms with E-state index < -0.39 is 0 Å². The molecule has 1 nitrogen and oxygen atoms in total. The summed E-state index contributed by atoms with van der Waals surface area (Å²) in [6, 6.07) is 2.30. The predicted octanol–water partition coefficient (Wildman–Crippen LogP) is 5.01. The maximum absolute atomic E-state index is 6.27. The highest BCUT2D eigenvalue weighted by Crippen LogP contribution is 2.38. The molecule has 18 heavy (non-hydrogen) atoms. The fourth-order valence-electron chi connectivity index (χ4n) is 2.80. The van der Waals surface area contributed by atoms with E-state index in [1.807, 2.05) is 0 Å². The molecule has 0 fully saturated rings. The molecule has 1 aromatic rings. The largest absolute Gasteiger partial charge is 0.241 e. The van der Waals surface area contributed by atoms with Crippen molar-refractivity contribution in [2.75, 3.05) is 0 Å². The van der Waals surface area contributed by atoms with Gasteiger partial charge in [-0.05, 0) is 47.6 Å².